The van der Waals surface area contributed by atoms with Gasteiger partial charge in [-0.25, -0.2) is 15.2 Å². The van der Waals surface area contributed by atoms with E-state index in [1.54, 1.807) is 12.1 Å². The van der Waals surface area contributed by atoms with Crippen molar-refractivity contribution in [1.82, 2.24) is 26.4 Å². The second kappa shape index (κ2) is 9.71. The zero-order valence-corrected chi connectivity index (χ0v) is 19.4. The Balaban J connectivity index is 1.07. The van der Waals surface area contributed by atoms with Gasteiger partial charge in [0.05, 0.1) is 31.1 Å². The van der Waals surface area contributed by atoms with Gasteiger partial charge in [-0.3, -0.25) is 9.69 Å². The third kappa shape index (κ3) is 4.60. The molecule has 2 aromatic carbocycles. The molecule has 0 aromatic heterocycles. The maximum absolute atomic E-state index is 13.4. The van der Waals surface area contributed by atoms with Crippen LogP contribution in [-0.4, -0.2) is 68.6 Å². The van der Waals surface area contributed by atoms with Gasteiger partial charge in [0.2, 0.25) is 0 Å². The summed E-state index contributed by atoms with van der Waals surface area (Å²) in [7, 11) is 0. The van der Waals surface area contributed by atoms with Crippen molar-refractivity contribution in [3.63, 3.8) is 0 Å². The van der Waals surface area contributed by atoms with Crippen molar-refractivity contribution in [3.05, 3.63) is 59.4 Å². The van der Waals surface area contributed by atoms with Gasteiger partial charge < -0.3 is 25.4 Å². The zero-order chi connectivity index (χ0) is 23.8. The van der Waals surface area contributed by atoms with Crippen LogP contribution in [0.4, 0.5) is 10.1 Å². The Hall–Kier alpha value is -2.76. The zero-order valence-electron chi connectivity index (χ0n) is 19.4. The Kier molecular flexibility index (Phi) is 6.29. The smallest absolute Gasteiger partial charge is 0.251 e. The van der Waals surface area contributed by atoms with Crippen molar-refractivity contribution in [2.45, 2.75) is 30.9 Å². The average molecular weight is 483 g/mol. The molecule has 0 aliphatic carbocycles. The van der Waals surface area contributed by atoms with E-state index in [2.05, 4.69) is 31.7 Å². The van der Waals surface area contributed by atoms with E-state index in [-0.39, 0.29) is 36.2 Å². The molecule has 186 valence electrons. The Morgan fingerprint density at radius 3 is 3.09 bits per heavy atom. The van der Waals surface area contributed by atoms with Crippen LogP contribution >= 0.6 is 0 Å². The van der Waals surface area contributed by atoms with Crippen molar-refractivity contribution in [3.8, 4) is 5.75 Å². The molecule has 0 spiro atoms. The van der Waals surface area contributed by atoms with E-state index >= 15 is 0 Å². The molecule has 5 N–H and O–H groups in total. The molecule has 0 saturated carbocycles. The summed E-state index contributed by atoms with van der Waals surface area (Å²) in [5.74, 6) is 0.388. The minimum Gasteiger partial charge on any atom is -0.491 e. The SMILES string of the molecule is O=C(N[C@H]1COc2cc(F)ccc21)c1cccc(NCC2NNC3C4CCNCC4OCCN23)c1. The van der Waals surface area contributed by atoms with Crippen LogP contribution in [0.3, 0.4) is 0 Å². The van der Waals surface area contributed by atoms with E-state index in [9.17, 15) is 9.18 Å². The quantitative estimate of drug-likeness (QED) is 0.433. The third-order valence-corrected chi connectivity index (χ3v) is 7.41. The van der Waals surface area contributed by atoms with Gasteiger partial charge in [0.1, 0.15) is 18.2 Å². The first kappa shape index (κ1) is 22.7. The molecule has 4 unspecified atom stereocenters. The summed E-state index contributed by atoms with van der Waals surface area (Å²) >= 11 is 0. The number of ether oxygens (including phenoxy) is 2. The number of nitrogens with zero attached hydrogens (tertiary/aromatic N) is 1. The number of hydrazine groups is 1. The number of piperidine rings is 1. The van der Waals surface area contributed by atoms with E-state index < -0.39 is 0 Å². The predicted molar refractivity (Wildman–Crippen MR) is 128 cm³/mol. The minimum absolute atomic E-state index is 0.113. The van der Waals surface area contributed by atoms with Crippen LogP contribution in [0, 0.1) is 11.7 Å². The van der Waals surface area contributed by atoms with Crippen molar-refractivity contribution < 1.29 is 18.7 Å². The average Bonchev–Trinajstić information content (AvgIpc) is 3.41. The molecule has 3 saturated heterocycles. The lowest BCUT2D eigenvalue weighted by atomic mass is 9.91. The summed E-state index contributed by atoms with van der Waals surface area (Å²) in [6, 6.07) is 11.6. The van der Waals surface area contributed by atoms with Crippen LogP contribution in [0.15, 0.2) is 42.5 Å². The molecule has 10 heteroatoms. The van der Waals surface area contributed by atoms with Crippen LogP contribution in [0.5, 0.6) is 5.75 Å². The van der Waals surface area contributed by atoms with Crippen molar-refractivity contribution in [2.24, 2.45) is 5.92 Å². The number of fused-ring (bicyclic) bond motifs is 4. The molecule has 4 aliphatic heterocycles. The van der Waals surface area contributed by atoms with Gasteiger partial charge in [-0.2, -0.15) is 0 Å². The number of hydrogen-bond acceptors (Lipinski definition) is 8. The molecule has 4 aliphatic rings. The first-order chi connectivity index (χ1) is 17.2. The molecule has 0 bridgehead atoms. The molecule has 2 aromatic rings. The fourth-order valence-electron chi connectivity index (χ4n) is 5.59. The Morgan fingerprint density at radius 2 is 2.14 bits per heavy atom. The minimum atomic E-state index is -0.351. The number of hydrogen-bond donors (Lipinski definition) is 5. The largest absolute Gasteiger partial charge is 0.491 e. The fourth-order valence-corrected chi connectivity index (χ4v) is 5.59. The predicted octanol–water partition coefficient (Wildman–Crippen LogP) is 1.17. The molecular formula is C25H31FN6O3. The maximum Gasteiger partial charge on any atom is 0.251 e. The summed E-state index contributed by atoms with van der Waals surface area (Å²) in [4.78, 5) is 15.4. The van der Waals surface area contributed by atoms with Gasteiger partial charge in [-0.15, -0.1) is 0 Å². The van der Waals surface area contributed by atoms with Crippen molar-refractivity contribution in [1.29, 1.82) is 0 Å². The normalized spacial score (nSPS) is 29.9. The standard InChI is InChI=1S/C25H31FN6O3/c26-16-4-5-18-20(14-35-21(18)11-16)29-25(33)15-2-1-3-17(10-15)28-13-23-30-31-24-19-6-7-27-12-22(19)34-9-8-32(23)24/h1-5,10-11,19-20,22-24,27-28,30-31H,6-9,12-14H2,(H,29,33)/t19?,20-,22?,23?,24?/m0/s1. The Labute approximate surface area is 203 Å². The molecule has 1 amide bonds. The van der Waals surface area contributed by atoms with Gasteiger partial charge in [0, 0.05) is 48.4 Å². The van der Waals surface area contributed by atoms with E-state index in [1.165, 1.54) is 12.1 Å². The monoisotopic (exact) mass is 482 g/mol. The van der Waals surface area contributed by atoms with Crippen LogP contribution < -0.4 is 31.5 Å². The number of nitrogens with one attached hydrogen (secondary N) is 5. The molecule has 3 fully saturated rings. The third-order valence-electron chi connectivity index (χ3n) is 7.41. The number of anilines is 1. The highest BCUT2D eigenvalue weighted by atomic mass is 19.1. The lowest BCUT2D eigenvalue weighted by Crippen LogP contribution is -2.52. The van der Waals surface area contributed by atoms with E-state index in [0.29, 0.717) is 30.4 Å². The van der Waals surface area contributed by atoms with Crippen LogP contribution in [0.1, 0.15) is 28.4 Å². The van der Waals surface area contributed by atoms with E-state index in [0.717, 1.165) is 43.9 Å². The Morgan fingerprint density at radius 1 is 1.20 bits per heavy atom. The van der Waals surface area contributed by atoms with E-state index in [1.807, 2.05) is 18.2 Å². The first-order valence-electron chi connectivity index (χ1n) is 12.3. The highest BCUT2D eigenvalue weighted by Crippen LogP contribution is 2.33. The highest BCUT2D eigenvalue weighted by molar-refractivity contribution is 5.95. The number of halogens is 1. The number of rotatable bonds is 5. The molecule has 35 heavy (non-hydrogen) atoms. The molecule has 0 radical (unpaired) electrons. The summed E-state index contributed by atoms with van der Waals surface area (Å²) < 4.78 is 25.1. The number of carbonyl (C=O) groups excluding carboxylic acids is 1. The van der Waals surface area contributed by atoms with Crippen LogP contribution in [0.2, 0.25) is 0 Å². The fraction of sp³-hybridized carbons (Fsp3) is 0.480. The summed E-state index contributed by atoms with van der Waals surface area (Å²) in [6.45, 7) is 4.48. The highest BCUT2D eigenvalue weighted by Gasteiger charge is 2.43. The summed E-state index contributed by atoms with van der Waals surface area (Å²) in [5.41, 5.74) is 9.16. The summed E-state index contributed by atoms with van der Waals surface area (Å²) in [5, 5.41) is 9.92. The topological polar surface area (TPSA) is 98.9 Å². The van der Waals surface area contributed by atoms with Gasteiger partial charge in [0.25, 0.3) is 5.91 Å². The summed E-state index contributed by atoms with van der Waals surface area (Å²) in [6.07, 6.45) is 1.69. The lowest BCUT2D eigenvalue weighted by molar-refractivity contribution is 0.00522. The molecular weight excluding hydrogens is 451 g/mol. The molecule has 4 heterocycles. The Bertz CT molecular complexity index is 1090. The molecule has 6 rings (SSSR count). The van der Waals surface area contributed by atoms with Gasteiger partial charge in [-0.05, 0) is 37.2 Å². The number of amides is 1. The molecule has 5 atom stereocenters. The molecule has 9 nitrogen and oxygen atoms in total. The number of benzene rings is 2. The number of carbonyl (C=O) groups is 1. The van der Waals surface area contributed by atoms with Crippen molar-refractivity contribution >= 4 is 11.6 Å². The van der Waals surface area contributed by atoms with Crippen LogP contribution in [-0.2, 0) is 4.74 Å². The lowest BCUT2D eigenvalue weighted by Gasteiger charge is -2.36. The second-order valence-electron chi connectivity index (χ2n) is 9.53. The second-order valence-corrected chi connectivity index (χ2v) is 9.53. The van der Waals surface area contributed by atoms with Gasteiger partial charge in [-0.1, -0.05) is 12.1 Å². The van der Waals surface area contributed by atoms with Crippen LogP contribution in [0.25, 0.3) is 0 Å². The van der Waals surface area contributed by atoms with Gasteiger partial charge in [0.15, 0.2) is 0 Å². The van der Waals surface area contributed by atoms with E-state index in [4.69, 9.17) is 9.47 Å². The van der Waals surface area contributed by atoms with Gasteiger partial charge >= 0.3 is 0 Å². The van der Waals surface area contributed by atoms with Crippen molar-refractivity contribution in [2.75, 3.05) is 44.7 Å². The first-order valence-corrected chi connectivity index (χ1v) is 12.3. The maximum atomic E-state index is 13.4.